The Labute approximate surface area is 154 Å². The van der Waals surface area contributed by atoms with Crippen LogP contribution in [-0.4, -0.2) is 23.3 Å². The van der Waals surface area contributed by atoms with Crippen molar-refractivity contribution in [1.82, 2.24) is 0 Å². The number of hydrogen-bond acceptors (Lipinski definition) is 3. The fourth-order valence-corrected chi connectivity index (χ4v) is 4.04. The van der Waals surface area contributed by atoms with Crippen LogP contribution in [0.3, 0.4) is 0 Å². The summed E-state index contributed by atoms with van der Waals surface area (Å²) < 4.78 is 0. The molecular formula is C22H38O3. The SMILES string of the molecule is CCCCC(C)CCC[C@H]1CCC(=O)[C@@H]1CCCC/C=C/C(=O)CO. The highest BCUT2D eigenvalue weighted by Crippen LogP contribution is 2.36. The molecule has 3 heteroatoms. The summed E-state index contributed by atoms with van der Waals surface area (Å²) in [4.78, 5) is 23.1. The summed E-state index contributed by atoms with van der Waals surface area (Å²) in [6.07, 6.45) is 16.9. The van der Waals surface area contributed by atoms with Crippen molar-refractivity contribution in [2.75, 3.05) is 6.61 Å². The van der Waals surface area contributed by atoms with Gasteiger partial charge in [-0.15, -0.1) is 0 Å². The van der Waals surface area contributed by atoms with Crippen LogP contribution >= 0.6 is 0 Å². The molecule has 1 unspecified atom stereocenters. The van der Waals surface area contributed by atoms with Crippen molar-refractivity contribution < 1.29 is 14.7 Å². The third-order valence-electron chi connectivity index (χ3n) is 5.66. The number of rotatable bonds is 14. The number of aliphatic hydroxyl groups excluding tert-OH is 1. The molecule has 0 bridgehead atoms. The number of Topliss-reactive ketones (excluding diaryl/α,β-unsaturated/α-hetero) is 1. The lowest BCUT2D eigenvalue weighted by Crippen LogP contribution is -2.15. The molecule has 1 rings (SSSR count). The summed E-state index contributed by atoms with van der Waals surface area (Å²) in [5.74, 6) is 1.96. The minimum atomic E-state index is -0.411. The highest BCUT2D eigenvalue weighted by molar-refractivity contribution is 5.90. The van der Waals surface area contributed by atoms with Crippen molar-refractivity contribution in [3.05, 3.63) is 12.2 Å². The summed E-state index contributed by atoms with van der Waals surface area (Å²) in [6, 6.07) is 0. The van der Waals surface area contributed by atoms with Gasteiger partial charge in [0, 0.05) is 12.3 Å². The zero-order valence-corrected chi connectivity index (χ0v) is 16.3. The van der Waals surface area contributed by atoms with E-state index in [0.29, 0.717) is 11.7 Å². The summed E-state index contributed by atoms with van der Waals surface area (Å²) in [7, 11) is 0. The third kappa shape index (κ3) is 9.34. The summed E-state index contributed by atoms with van der Waals surface area (Å²) in [5.41, 5.74) is 0. The fourth-order valence-electron chi connectivity index (χ4n) is 4.04. The van der Waals surface area contributed by atoms with Crippen LogP contribution in [0, 0.1) is 17.8 Å². The monoisotopic (exact) mass is 350 g/mol. The fraction of sp³-hybridized carbons (Fsp3) is 0.818. The Morgan fingerprint density at radius 1 is 1.20 bits per heavy atom. The van der Waals surface area contributed by atoms with Crippen LogP contribution in [0.25, 0.3) is 0 Å². The van der Waals surface area contributed by atoms with Gasteiger partial charge in [-0.05, 0) is 50.0 Å². The second-order valence-corrected chi connectivity index (χ2v) is 7.86. The van der Waals surface area contributed by atoms with Gasteiger partial charge in [-0.25, -0.2) is 0 Å². The second-order valence-electron chi connectivity index (χ2n) is 7.86. The van der Waals surface area contributed by atoms with Crippen LogP contribution in [0.2, 0.25) is 0 Å². The molecule has 1 aliphatic rings. The van der Waals surface area contributed by atoms with E-state index in [1.807, 2.05) is 6.08 Å². The van der Waals surface area contributed by atoms with E-state index in [-0.39, 0.29) is 11.7 Å². The Bertz CT molecular complexity index is 413. The zero-order chi connectivity index (χ0) is 18.5. The predicted octanol–water partition coefficient (Wildman–Crippen LogP) is 5.26. The van der Waals surface area contributed by atoms with Crippen LogP contribution in [0.1, 0.15) is 90.9 Å². The highest BCUT2D eigenvalue weighted by Gasteiger charge is 2.33. The molecule has 1 aliphatic carbocycles. The van der Waals surface area contributed by atoms with E-state index in [4.69, 9.17) is 5.11 Å². The second kappa shape index (κ2) is 13.3. The highest BCUT2D eigenvalue weighted by atomic mass is 16.3. The molecule has 0 spiro atoms. The van der Waals surface area contributed by atoms with E-state index in [1.165, 1.54) is 44.6 Å². The summed E-state index contributed by atoms with van der Waals surface area (Å²) in [6.45, 7) is 4.20. The van der Waals surface area contributed by atoms with Crippen molar-refractivity contribution in [3.63, 3.8) is 0 Å². The first-order valence-electron chi connectivity index (χ1n) is 10.4. The average molecular weight is 351 g/mol. The smallest absolute Gasteiger partial charge is 0.180 e. The van der Waals surface area contributed by atoms with E-state index in [0.717, 1.165) is 44.4 Å². The molecule has 0 aromatic rings. The van der Waals surface area contributed by atoms with Crippen LogP contribution in [0.4, 0.5) is 0 Å². The van der Waals surface area contributed by atoms with Crippen molar-refractivity contribution in [2.24, 2.45) is 17.8 Å². The minimum absolute atomic E-state index is 0.237. The van der Waals surface area contributed by atoms with E-state index < -0.39 is 6.61 Å². The first kappa shape index (κ1) is 22.1. The Balaban J connectivity index is 2.21. The van der Waals surface area contributed by atoms with Gasteiger partial charge in [0.15, 0.2) is 5.78 Å². The Morgan fingerprint density at radius 3 is 2.68 bits per heavy atom. The van der Waals surface area contributed by atoms with E-state index in [2.05, 4.69) is 13.8 Å². The first-order chi connectivity index (χ1) is 12.1. The minimum Gasteiger partial charge on any atom is -0.388 e. The molecule has 25 heavy (non-hydrogen) atoms. The number of aliphatic hydroxyl groups is 1. The number of hydrogen-bond donors (Lipinski definition) is 1. The van der Waals surface area contributed by atoms with E-state index >= 15 is 0 Å². The lowest BCUT2D eigenvalue weighted by Gasteiger charge is -2.19. The van der Waals surface area contributed by atoms with Crippen molar-refractivity contribution >= 4 is 11.6 Å². The first-order valence-corrected chi connectivity index (χ1v) is 10.4. The molecule has 1 N–H and O–H groups in total. The van der Waals surface area contributed by atoms with Gasteiger partial charge in [0.1, 0.15) is 12.4 Å². The zero-order valence-electron chi connectivity index (χ0n) is 16.3. The third-order valence-corrected chi connectivity index (χ3v) is 5.66. The molecule has 0 saturated heterocycles. The van der Waals surface area contributed by atoms with Crippen molar-refractivity contribution in [2.45, 2.75) is 90.9 Å². The van der Waals surface area contributed by atoms with Gasteiger partial charge in [0.2, 0.25) is 0 Å². The number of carbonyl (C=O) groups excluding carboxylic acids is 2. The van der Waals surface area contributed by atoms with Gasteiger partial charge in [-0.1, -0.05) is 58.4 Å². The van der Waals surface area contributed by atoms with Crippen LogP contribution in [0.5, 0.6) is 0 Å². The van der Waals surface area contributed by atoms with E-state index in [1.54, 1.807) is 0 Å². The summed E-state index contributed by atoms with van der Waals surface area (Å²) in [5, 5.41) is 8.65. The topological polar surface area (TPSA) is 54.4 Å². The average Bonchev–Trinajstić information content (AvgIpc) is 2.95. The lowest BCUT2D eigenvalue weighted by molar-refractivity contribution is -0.121. The van der Waals surface area contributed by atoms with Gasteiger partial charge in [0.05, 0.1) is 0 Å². The van der Waals surface area contributed by atoms with Gasteiger partial charge >= 0.3 is 0 Å². The largest absolute Gasteiger partial charge is 0.388 e. The molecule has 0 heterocycles. The standard InChI is InChI=1S/C22H38O3/c1-3-4-10-18(2)11-9-12-19-15-16-22(25)21(19)14-8-6-5-7-13-20(24)17-23/h7,13,18-19,21,23H,3-6,8-12,14-17H2,1-2H3/b13-7+/t18?,19-,21+/m0/s1. The number of allylic oxidation sites excluding steroid dienone is 1. The maximum absolute atomic E-state index is 12.2. The maximum Gasteiger partial charge on any atom is 0.180 e. The molecule has 0 radical (unpaired) electrons. The molecule has 0 aromatic heterocycles. The van der Waals surface area contributed by atoms with Crippen LogP contribution in [0.15, 0.2) is 12.2 Å². The molecule has 1 saturated carbocycles. The normalized spacial score (nSPS) is 22.0. The van der Waals surface area contributed by atoms with Crippen LogP contribution in [-0.2, 0) is 9.59 Å². The number of ketones is 2. The molecule has 144 valence electrons. The molecule has 0 aromatic carbocycles. The van der Waals surface area contributed by atoms with Crippen LogP contribution < -0.4 is 0 Å². The molecule has 3 nitrogen and oxygen atoms in total. The molecule has 0 amide bonds. The summed E-state index contributed by atoms with van der Waals surface area (Å²) >= 11 is 0. The maximum atomic E-state index is 12.2. The quantitative estimate of drug-likeness (QED) is 0.343. The Hall–Kier alpha value is -0.960. The van der Waals surface area contributed by atoms with Crippen molar-refractivity contribution in [3.8, 4) is 0 Å². The molecule has 0 aliphatic heterocycles. The molecular weight excluding hydrogens is 312 g/mol. The van der Waals surface area contributed by atoms with Gasteiger partial charge < -0.3 is 5.11 Å². The Morgan fingerprint density at radius 2 is 1.96 bits per heavy atom. The van der Waals surface area contributed by atoms with Crippen molar-refractivity contribution in [1.29, 1.82) is 0 Å². The predicted molar refractivity (Wildman–Crippen MR) is 103 cm³/mol. The number of unbranched alkanes of at least 4 members (excludes halogenated alkanes) is 3. The van der Waals surface area contributed by atoms with Gasteiger partial charge in [-0.3, -0.25) is 9.59 Å². The van der Waals surface area contributed by atoms with Gasteiger partial charge in [0.25, 0.3) is 0 Å². The number of carbonyl (C=O) groups is 2. The molecule has 3 atom stereocenters. The molecule has 1 fully saturated rings. The Kier molecular flexibility index (Phi) is 11.7. The lowest BCUT2D eigenvalue weighted by atomic mass is 9.85. The van der Waals surface area contributed by atoms with Gasteiger partial charge in [-0.2, -0.15) is 0 Å². The van der Waals surface area contributed by atoms with E-state index in [9.17, 15) is 9.59 Å².